The molecule has 3 rings (SSSR count). The minimum absolute atomic E-state index is 0.0467. The zero-order valence-electron chi connectivity index (χ0n) is 16.2. The van der Waals surface area contributed by atoms with Gasteiger partial charge in [0.05, 0.1) is 17.2 Å². The van der Waals surface area contributed by atoms with Gasteiger partial charge in [-0.05, 0) is 36.4 Å². The number of nitrogens with zero attached hydrogens (tertiary/aromatic N) is 2. The van der Waals surface area contributed by atoms with Gasteiger partial charge in [0.15, 0.2) is 0 Å². The summed E-state index contributed by atoms with van der Waals surface area (Å²) < 4.78 is 5.14. The molecular weight excluding hydrogens is 413 g/mol. The first kappa shape index (κ1) is 21.4. The fourth-order valence-electron chi connectivity index (χ4n) is 3.18. The Hall–Kier alpha value is -2.28. The van der Waals surface area contributed by atoms with Gasteiger partial charge in [0, 0.05) is 50.4 Å². The lowest BCUT2D eigenvalue weighted by Gasteiger charge is -2.34. The van der Waals surface area contributed by atoms with Gasteiger partial charge >= 0.3 is 0 Å². The summed E-state index contributed by atoms with van der Waals surface area (Å²) in [6.07, 6.45) is 0. The topological polar surface area (TPSA) is 61.9 Å². The van der Waals surface area contributed by atoms with Gasteiger partial charge < -0.3 is 15.0 Å². The smallest absolute Gasteiger partial charge is 0.253 e. The first-order chi connectivity index (χ1) is 14.0. The summed E-state index contributed by atoms with van der Waals surface area (Å²) in [6, 6.07) is 12.0. The Morgan fingerprint density at radius 2 is 1.76 bits per heavy atom. The van der Waals surface area contributed by atoms with Crippen molar-refractivity contribution in [1.29, 1.82) is 0 Å². The molecule has 0 aliphatic carbocycles. The maximum atomic E-state index is 12.6. The quantitative estimate of drug-likeness (QED) is 0.756. The first-order valence-corrected chi connectivity index (χ1v) is 10.1. The van der Waals surface area contributed by atoms with Gasteiger partial charge in [-0.25, -0.2) is 0 Å². The van der Waals surface area contributed by atoms with Crippen LogP contribution >= 0.6 is 23.2 Å². The number of carbonyl (C=O) groups excluding carboxylic acids is 2. The zero-order valence-corrected chi connectivity index (χ0v) is 17.7. The van der Waals surface area contributed by atoms with E-state index in [1.54, 1.807) is 49.6 Å². The van der Waals surface area contributed by atoms with Crippen molar-refractivity contribution in [3.05, 3.63) is 63.6 Å². The average molecular weight is 436 g/mol. The predicted molar refractivity (Wildman–Crippen MR) is 114 cm³/mol. The highest BCUT2D eigenvalue weighted by Gasteiger charge is 2.22. The van der Waals surface area contributed by atoms with Gasteiger partial charge in [-0.1, -0.05) is 29.3 Å². The van der Waals surface area contributed by atoms with E-state index < -0.39 is 0 Å². The zero-order chi connectivity index (χ0) is 20.8. The van der Waals surface area contributed by atoms with Gasteiger partial charge in [-0.3, -0.25) is 14.5 Å². The molecule has 0 bridgehead atoms. The molecule has 29 heavy (non-hydrogen) atoms. The number of hydrogen-bond acceptors (Lipinski definition) is 4. The Balaban J connectivity index is 1.43. The van der Waals surface area contributed by atoms with Gasteiger partial charge in [0.25, 0.3) is 11.8 Å². The van der Waals surface area contributed by atoms with Crippen LogP contribution in [-0.2, 0) is 0 Å². The van der Waals surface area contributed by atoms with Gasteiger partial charge in [-0.15, -0.1) is 0 Å². The van der Waals surface area contributed by atoms with Crippen molar-refractivity contribution < 1.29 is 14.3 Å². The van der Waals surface area contributed by atoms with Crippen LogP contribution in [-0.4, -0.2) is 68.0 Å². The molecule has 6 nitrogen and oxygen atoms in total. The van der Waals surface area contributed by atoms with Gasteiger partial charge in [-0.2, -0.15) is 0 Å². The predicted octanol–water partition coefficient (Wildman–Crippen LogP) is 3.19. The van der Waals surface area contributed by atoms with Crippen LogP contribution in [0.15, 0.2) is 42.5 Å². The maximum absolute atomic E-state index is 12.6. The van der Waals surface area contributed by atoms with E-state index in [1.807, 2.05) is 4.90 Å². The van der Waals surface area contributed by atoms with E-state index in [-0.39, 0.29) is 11.8 Å². The molecule has 0 atom stereocenters. The minimum atomic E-state index is -0.127. The standard InChI is InChI=1S/C21H23Cl2N3O3/c1-29-17-4-2-3-15(13-17)20(27)24-7-8-25-9-11-26(12-10-25)21(28)16-5-6-18(22)19(23)14-16/h2-6,13-14H,7-12H2,1H3,(H,24,27). The van der Waals surface area contributed by atoms with Crippen LogP contribution in [0.3, 0.4) is 0 Å². The molecule has 2 aromatic rings. The largest absolute Gasteiger partial charge is 0.497 e. The van der Waals surface area contributed by atoms with Crippen LogP contribution in [0.5, 0.6) is 5.75 Å². The van der Waals surface area contributed by atoms with Crippen LogP contribution < -0.4 is 10.1 Å². The summed E-state index contributed by atoms with van der Waals surface area (Å²) in [6.45, 7) is 4.03. The monoisotopic (exact) mass is 435 g/mol. The number of hydrogen-bond donors (Lipinski definition) is 1. The first-order valence-electron chi connectivity index (χ1n) is 9.37. The highest BCUT2D eigenvalue weighted by Crippen LogP contribution is 2.23. The molecule has 1 aliphatic rings. The lowest BCUT2D eigenvalue weighted by molar-refractivity contribution is 0.0638. The highest BCUT2D eigenvalue weighted by molar-refractivity contribution is 6.42. The van der Waals surface area contributed by atoms with Crippen LogP contribution in [0.25, 0.3) is 0 Å². The third-order valence-corrected chi connectivity index (χ3v) is 5.61. The number of piperazine rings is 1. The molecule has 1 fully saturated rings. The molecule has 0 spiro atoms. The molecule has 0 radical (unpaired) electrons. The summed E-state index contributed by atoms with van der Waals surface area (Å²) in [4.78, 5) is 28.9. The number of ether oxygens (including phenoxy) is 1. The fourth-order valence-corrected chi connectivity index (χ4v) is 3.48. The molecule has 154 valence electrons. The Kier molecular flexibility index (Phi) is 7.36. The van der Waals surface area contributed by atoms with E-state index in [9.17, 15) is 9.59 Å². The lowest BCUT2D eigenvalue weighted by Crippen LogP contribution is -2.50. The summed E-state index contributed by atoms with van der Waals surface area (Å²) in [7, 11) is 1.57. The van der Waals surface area contributed by atoms with E-state index in [1.165, 1.54) is 0 Å². The van der Waals surface area contributed by atoms with Gasteiger partial charge in [0.2, 0.25) is 0 Å². The fraction of sp³-hybridized carbons (Fsp3) is 0.333. The highest BCUT2D eigenvalue weighted by atomic mass is 35.5. The second kappa shape index (κ2) is 9.96. The van der Waals surface area contributed by atoms with Crippen LogP contribution in [0.2, 0.25) is 10.0 Å². The van der Waals surface area contributed by atoms with E-state index in [0.717, 1.165) is 19.6 Å². The molecule has 8 heteroatoms. The summed E-state index contributed by atoms with van der Waals surface area (Å²) in [5.41, 5.74) is 1.11. The molecule has 0 aromatic heterocycles. The molecular formula is C21H23Cl2N3O3. The number of halogens is 2. The lowest BCUT2D eigenvalue weighted by atomic mass is 10.2. The van der Waals surface area contributed by atoms with Crippen LogP contribution in [0.4, 0.5) is 0 Å². The van der Waals surface area contributed by atoms with Crippen LogP contribution in [0, 0.1) is 0 Å². The third kappa shape index (κ3) is 5.63. The van der Waals surface area contributed by atoms with E-state index in [2.05, 4.69) is 10.2 Å². The van der Waals surface area contributed by atoms with Crippen molar-refractivity contribution in [3.63, 3.8) is 0 Å². The third-order valence-electron chi connectivity index (χ3n) is 4.87. The maximum Gasteiger partial charge on any atom is 0.253 e. The molecule has 0 saturated carbocycles. The van der Waals surface area contributed by atoms with Crippen molar-refractivity contribution in [2.45, 2.75) is 0 Å². The van der Waals surface area contributed by atoms with Crippen LogP contribution in [0.1, 0.15) is 20.7 Å². The van der Waals surface area contributed by atoms with Crippen molar-refractivity contribution in [1.82, 2.24) is 15.1 Å². The van der Waals surface area contributed by atoms with Crippen molar-refractivity contribution in [2.75, 3.05) is 46.4 Å². The number of benzene rings is 2. The second-order valence-electron chi connectivity index (χ2n) is 6.75. The molecule has 1 saturated heterocycles. The number of nitrogens with one attached hydrogen (secondary N) is 1. The number of carbonyl (C=O) groups is 2. The van der Waals surface area contributed by atoms with E-state index in [4.69, 9.17) is 27.9 Å². The Morgan fingerprint density at radius 3 is 2.45 bits per heavy atom. The van der Waals surface area contributed by atoms with Gasteiger partial charge in [0.1, 0.15) is 5.75 Å². The SMILES string of the molecule is COc1cccc(C(=O)NCCN2CCN(C(=O)c3ccc(Cl)c(Cl)c3)CC2)c1. The van der Waals surface area contributed by atoms with E-state index in [0.29, 0.717) is 46.6 Å². The number of methoxy groups -OCH3 is 1. The summed E-state index contributed by atoms with van der Waals surface area (Å²) in [5, 5.41) is 3.74. The Bertz CT molecular complexity index is 883. The molecule has 2 aromatic carbocycles. The Morgan fingerprint density at radius 1 is 1.00 bits per heavy atom. The molecule has 1 N–H and O–H groups in total. The molecule has 2 amide bonds. The Labute approximate surface area is 180 Å². The number of rotatable bonds is 6. The molecule has 1 heterocycles. The van der Waals surface area contributed by atoms with E-state index >= 15 is 0 Å². The molecule has 0 unspecified atom stereocenters. The molecule has 1 aliphatic heterocycles. The normalized spacial score (nSPS) is 14.5. The minimum Gasteiger partial charge on any atom is -0.497 e. The van der Waals surface area contributed by atoms with Crippen molar-refractivity contribution in [2.24, 2.45) is 0 Å². The number of amides is 2. The van der Waals surface area contributed by atoms with Crippen molar-refractivity contribution >= 4 is 35.0 Å². The summed E-state index contributed by atoms with van der Waals surface area (Å²) in [5.74, 6) is 0.479. The second-order valence-corrected chi connectivity index (χ2v) is 7.56. The average Bonchev–Trinajstić information content (AvgIpc) is 2.75. The van der Waals surface area contributed by atoms with Crippen molar-refractivity contribution in [3.8, 4) is 5.75 Å². The summed E-state index contributed by atoms with van der Waals surface area (Å²) >= 11 is 11.9.